The second-order valence-corrected chi connectivity index (χ2v) is 7.51. The molecule has 0 bridgehead atoms. The predicted molar refractivity (Wildman–Crippen MR) is 91.0 cm³/mol. The van der Waals surface area contributed by atoms with Crippen molar-refractivity contribution >= 4 is 5.97 Å². The highest BCUT2D eigenvalue weighted by Gasteiger charge is 2.26. The lowest BCUT2D eigenvalue weighted by Crippen LogP contribution is -2.37. The first-order valence-electron chi connectivity index (χ1n) is 8.62. The van der Waals surface area contributed by atoms with Gasteiger partial charge in [0, 0.05) is 6.54 Å². The molecule has 0 amide bonds. The molecule has 0 radical (unpaired) electrons. The molecule has 1 aliphatic rings. The molecule has 1 aromatic rings. The molecule has 1 aliphatic heterocycles. The number of piperidine rings is 1. The van der Waals surface area contributed by atoms with Crippen molar-refractivity contribution in [1.82, 2.24) is 4.90 Å². The number of hydrogen-bond acceptors (Lipinski definition) is 4. The fourth-order valence-corrected chi connectivity index (χ4v) is 3.07. The zero-order chi connectivity index (χ0) is 17.7. The second kappa shape index (κ2) is 8.08. The summed E-state index contributed by atoms with van der Waals surface area (Å²) >= 11 is 0. The minimum Gasteiger partial charge on any atom is -0.460 e. The van der Waals surface area contributed by atoms with Gasteiger partial charge in [0.1, 0.15) is 11.4 Å². The summed E-state index contributed by atoms with van der Waals surface area (Å²) < 4.78 is 18.3. The molecule has 2 rings (SSSR count). The fraction of sp³-hybridized carbons (Fsp3) is 0.632. The zero-order valence-electron chi connectivity index (χ0n) is 14.8. The monoisotopic (exact) mass is 337 g/mol. The number of esters is 1. The Hall–Kier alpha value is -1.46. The molecule has 5 heteroatoms. The predicted octanol–water partition coefficient (Wildman–Crippen LogP) is 3.30. The highest BCUT2D eigenvalue weighted by atomic mass is 19.1. The van der Waals surface area contributed by atoms with Gasteiger partial charge in [0.2, 0.25) is 0 Å². The number of hydrogen-bond donors (Lipinski definition) is 1. The van der Waals surface area contributed by atoms with Crippen molar-refractivity contribution in [3.63, 3.8) is 0 Å². The minimum absolute atomic E-state index is 0.170. The van der Waals surface area contributed by atoms with Crippen LogP contribution in [0.3, 0.4) is 0 Å². The molecule has 134 valence electrons. The van der Waals surface area contributed by atoms with Crippen LogP contribution in [-0.4, -0.2) is 41.2 Å². The maximum absolute atomic E-state index is 13.0. The van der Waals surface area contributed by atoms with E-state index in [4.69, 9.17) is 4.74 Å². The van der Waals surface area contributed by atoms with Crippen LogP contribution in [0.2, 0.25) is 0 Å². The maximum Gasteiger partial charge on any atom is 0.307 e. The number of nitrogens with zero attached hydrogens (tertiary/aromatic N) is 1. The fourth-order valence-electron chi connectivity index (χ4n) is 3.07. The van der Waals surface area contributed by atoms with Crippen molar-refractivity contribution in [2.75, 3.05) is 19.6 Å². The smallest absolute Gasteiger partial charge is 0.307 e. The molecule has 1 unspecified atom stereocenters. The Bertz CT molecular complexity index is 531. The van der Waals surface area contributed by atoms with Crippen molar-refractivity contribution in [1.29, 1.82) is 0 Å². The molecule has 1 N–H and O–H groups in total. The normalized spacial score (nSPS) is 18.4. The van der Waals surface area contributed by atoms with Crippen LogP contribution in [0.1, 0.15) is 51.7 Å². The van der Waals surface area contributed by atoms with Gasteiger partial charge in [-0.15, -0.1) is 0 Å². The van der Waals surface area contributed by atoms with Gasteiger partial charge in [0.25, 0.3) is 0 Å². The standard InChI is InChI=1S/C19H28FNO3/c1-19(2,3)24-17(22)10-13-21-11-8-15(9-12-21)18(23)14-4-6-16(20)7-5-14/h4-7,15,18,23H,8-13H2,1-3H3. The van der Waals surface area contributed by atoms with Gasteiger partial charge in [-0.1, -0.05) is 12.1 Å². The Labute approximate surface area is 143 Å². The molecular formula is C19H28FNO3. The van der Waals surface area contributed by atoms with Crippen molar-refractivity contribution in [2.45, 2.75) is 51.7 Å². The van der Waals surface area contributed by atoms with Crippen molar-refractivity contribution in [3.8, 4) is 0 Å². The van der Waals surface area contributed by atoms with Crippen LogP contribution >= 0.6 is 0 Å². The molecule has 0 aromatic heterocycles. The molecule has 24 heavy (non-hydrogen) atoms. The molecule has 1 aromatic carbocycles. The number of benzene rings is 1. The van der Waals surface area contributed by atoms with Gasteiger partial charge in [-0.05, 0) is 70.3 Å². The van der Waals surface area contributed by atoms with Crippen LogP contribution < -0.4 is 0 Å². The summed E-state index contributed by atoms with van der Waals surface area (Å²) in [6, 6.07) is 6.06. The van der Waals surface area contributed by atoms with Crippen LogP contribution in [0, 0.1) is 11.7 Å². The quantitative estimate of drug-likeness (QED) is 0.838. The SMILES string of the molecule is CC(C)(C)OC(=O)CCN1CCC(C(O)c2ccc(F)cc2)CC1. The molecule has 1 atom stereocenters. The van der Waals surface area contributed by atoms with E-state index in [-0.39, 0.29) is 17.7 Å². The van der Waals surface area contributed by atoms with E-state index in [0.29, 0.717) is 13.0 Å². The van der Waals surface area contributed by atoms with Gasteiger partial charge in [0.15, 0.2) is 0 Å². The maximum atomic E-state index is 13.0. The Morgan fingerprint density at radius 2 is 1.88 bits per heavy atom. The third kappa shape index (κ3) is 5.87. The van der Waals surface area contributed by atoms with Crippen molar-refractivity contribution < 1.29 is 19.0 Å². The highest BCUT2D eigenvalue weighted by molar-refractivity contribution is 5.70. The Morgan fingerprint density at radius 3 is 2.42 bits per heavy atom. The zero-order valence-corrected chi connectivity index (χ0v) is 14.8. The number of carbonyl (C=O) groups is 1. The summed E-state index contributed by atoms with van der Waals surface area (Å²) in [6.45, 7) is 8.00. The largest absolute Gasteiger partial charge is 0.460 e. The minimum atomic E-state index is -0.557. The number of carbonyl (C=O) groups excluding carboxylic acids is 1. The summed E-state index contributed by atoms with van der Waals surface area (Å²) in [5.74, 6) is -0.285. The van der Waals surface area contributed by atoms with Crippen molar-refractivity contribution in [2.24, 2.45) is 5.92 Å². The number of aliphatic hydroxyl groups is 1. The van der Waals surface area contributed by atoms with Crippen LogP contribution in [0.4, 0.5) is 4.39 Å². The van der Waals surface area contributed by atoms with Gasteiger partial charge >= 0.3 is 5.97 Å². The first kappa shape index (κ1) is 18.9. The van der Waals surface area contributed by atoms with Crippen LogP contribution in [-0.2, 0) is 9.53 Å². The van der Waals surface area contributed by atoms with Gasteiger partial charge in [-0.2, -0.15) is 0 Å². The van der Waals surface area contributed by atoms with E-state index in [1.54, 1.807) is 12.1 Å². The lowest BCUT2D eigenvalue weighted by Gasteiger charge is -2.34. The molecule has 1 fully saturated rings. The average molecular weight is 337 g/mol. The lowest BCUT2D eigenvalue weighted by atomic mass is 9.87. The molecule has 4 nitrogen and oxygen atoms in total. The summed E-state index contributed by atoms with van der Waals surface area (Å²) in [4.78, 5) is 14.0. The van der Waals surface area contributed by atoms with E-state index >= 15 is 0 Å². The number of aliphatic hydroxyl groups excluding tert-OH is 1. The third-order valence-electron chi connectivity index (χ3n) is 4.34. The third-order valence-corrected chi connectivity index (χ3v) is 4.34. The van der Waals surface area contributed by atoms with E-state index in [1.807, 2.05) is 20.8 Å². The van der Waals surface area contributed by atoms with E-state index in [9.17, 15) is 14.3 Å². The lowest BCUT2D eigenvalue weighted by molar-refractivity contribution is -0.155. The van der Waals surface area contributed by atoms with Crippen LogP contribution in [0.5, 0.6) is 0 Å². The topological polar surface area (TPSA) is 49.8 Å². The summed E-state index contributed by atoms with van der Waals surface area (Å²) in [6.07, 6.45) is 1.57. The molecule has 1 heterocycles. The number of ether oxygens (including phenoxy) is 1. The van der Waals surface area contributed by atoms with E-state index < -0.39 is 11.7 Å². The number of halogens is 1. The first-order chi connectivity index (χ1) is 11.2. The number of likely N-dealkylation sites (tertiary alicyclic amines) is 1. The van der Waals surface area contributed by atoms with Gasteiger partial charge < -0.3 is 14.7 Å². The molecule has 0 spiro atoms. The summed E-state index contributed by atoms with van der Waals surface area (Å²) in [5, 5.41) is 10.5. The molecule has 0 aliphatic carbocycles. The second-order valence-electron chi connectivity index (χ2n) is 7.51. The van der Waals surface area contributed by atoms with E-state index in [1.165, 1.54) is 12.1 Å². The van der Waals surface area contributed by atoms with Gasteiger partial charge in [-0.25, -0.2) is 4.39 Å². The Kier molecular flexibility index (Phi) is 6.35. The Balaban J connectivity index is 1.75. The van der Waals surface area contributed by atoms with Gasteiger partial charge in [0.05, 0.1) is 12.5 Å². The van der Waals surface area contributed by atoms with E-state index in [0.717, 1.165) is 31.5 Å². The molecule has 1 saturated heterocycles. The highest BCUT2D eigenvalue weighted by Crippen LogP contribution is 2.30. The van der Waals surface area contributed by atoms with Crippen molar-refractivity contribution in [3.05, 3.63) is 35.6 Å². The average Bonchev–Trinajstić information content (AvgIpc) is 2.52. The van der Waals surface area contributed by atoms with E-state index in [2.05, 4.69) is 4.90 Å². The molecule has 0 saturated carbocycles. The van der Waals surface area contributed by atoms with Gasteiger partial charge in [-0.3, -0.25) is 4.79 Å². The van der Waals surface area contributed by atoms with Crippen LogP contribution in [0.15, 0.2) is 24.3 Å². The van der Waals surface area contributed by atoms with Crippen LogP contribution in [0.25, 0.3) is 0 Å². The Morgan fingerprint density at radius 1 is 1.29 bits per heavy atom. The number of rotatable bonds is 5. The molecular weight excluding hydrogens is 309 g/mol. The summed E-state index contributed by atoms with van der Waals surface area (Å²) in [7, 11) is 0. The summed E-state index contributed by atoms with van der Waals surface area (Å²) in [5.41, 5.74) is 0.326. The first-order valence-corrected chi connectivity index (χ1v) is 8.62.